The Balaban J connectivity index is 0.000000123. The lowest BCUT2D eigenvalue weighted by atomic mass is 9.90. The van der Waals surface area contributed by atoms with Gasteiger partial charge in [0.05, 0.1) is 12.4 Å². The molecule has 6 aromatic heterocycles. The average molecular weight is 685 g/mol. The fourth-order valence-corrected chi connectivity index (χ4v) is 9.95. The summed E-state index contributed by atoms with van der Waals surface area (Å²) >= 11 is 0. The van der Waals surface area contributed by atoms with E-state index in [-0.39, 0.29) is 10.8 Å². The highest BCUT2D eigenvalue weighted by atomic mass is 15.1. The van der Waals surface area contributed by atoms with Gasteiger partial charge in [-0.1, -0.05) is 53.7 Å². The molecule has 4 aliphatic rings. The van der Waals surface area contributed by atoms with Crippen LogP contribution >= 0.6 is 0 Å². The molecule has 4 unspecified atom stereocenters. The van der Waals surface area contributed by atoms with Crippen LogP contribution in [0.5, 0.6) is 0 Å². The van der Waals surface area contributed by atoms with Gasteiger partial charge in [0.1, 0.15) is 34.0 Å². The van der Waals surface area contributed by atoms with Crippen LogP contribution in [0.25, 0.3) is 55.2 Å². The molecule has 0 aliphatic heterocycles. The van der Waals surface area contributed by atoms with Crippen LogP contribution in [0.15, 0.2) is 61.2 Å². The lowest BCUT2D eigenvalue weighted by molar-refractivity contribution is 0.547. The van der Waals surface area contributed by atoms with Gasteiger partial charge in [0, 0.05) is 34.0 Å². The lowest BCUT2D eigenvalue weighted by Gasteiger charge is -2.16. The van der Waals surface area contributed by atoms with Crippen molar-refractivity contribution in [2.24, 2.45) is 0 Å². The molecule has 8 heteroatoms. The molecular formula is C44H44N8. The van der Waals surface area contributed by atoms with Crippen molar-refractivity contribution < 1.29 is 0 Å². The summed E-state index contributed by atoms with van der Waals surface area (Å²) in [7, 11) is 0. The molecule has 4 bridgehead atoms. The molecule has 0 N–H and O–H groups in total. The third-order valence-corrected chi connectivity index (χ3v) is 12.6. The average Bonchev–Trinajstić information content (AvgIpc) is 3.98. The van der Waals surface area contributed by atoms with Crippen molar-refractivity contribution in [1.82, 2.24) is 38.7 Å². The molecule has 12 rings (SSSR count). The van der Waals surface area contributed by atoms with Crippen molar-refractivity contribution in [3.8, 4) is 0 Å². The number of benzene rings is 2. The van der Waals surface area contributed by atoms with E-state index in [4.69, 9.17) is 19.9 Å². The van der Waals surface area contributed by atoms with Gasteiger partial charge < -0.3 is 0 Å². The van der Waals surface area contributed by atoms with Crippen LogP contribution in [-0.2, 0) is 10.8 Å². The predicted molar refractivity (Wildman–Crippen MR) is 208 cm³/mol. The number of hydrogen-bond donors (Lipinski definition) is 0. The second kappa shape index (κ2) is 10.3. The Morgan fingerprint density at radius 1 is 0.538 bits per heavy atom. The van der Waals surface area contributed by atoms with E-state index in [9.17, 15) is 0 Å². The van der Waals surface area contributed by atoms with Crippen LogP contribution in [0.2, 0.25) is 0 Å². The number of fused-ring (bicyclic) bond motifs is 20. The molecule has 260 valence electrons. The molecule has 8 aromatic rings. The molecule has 6 heterocycles. The van der Waals surface area contributed by atoms with E-state index in [1.54, 1.807) is 22.3 Å². The van der Waals surface area contributed by atoms with E-state index in [1.807, 2.05) is 12.4 Å². The van der Waals surface area contributed by atoms with E-state index in [0.29, 0.717) is 0 Å². The first kappa shape index (κ1) is 30.6. The fraction of sp³-hybridized carbons (Fsp3) is 0.409. The maximum absolute atomic E-state index is 4.92. The quantitative estimate of drug-likeness (QED) is 0.158. The molecule has 0 saturated heterocycles. The summed E-state index contributed by atoms with van der Waals surface area (Å²) in [5.74, 6) is 4.80. The van der Waals surface area contributed by atoms with E-state index >= 15 is 0 Å². The Hall–Kier alpha value is -4.98. The van der Waals surface area contributed by atoms with Gasteiger partial charge in [-0.2, -0.15) is 0 Å². The molecular weight excluding hydrogens is 641 g/mol. The normalized spacial score (nSPS) is 22.0. The van der Waals surface area contributed by atoms with Crippen LogP contribution in [0.1, 0.15) is 138 Å². The SMILES string of the molecule is CC(C)(C)c1ncc2c(n1)nc1c3cc4c(cc3ccn21)C1CCC4C1.CC(C)(C)c1ncc2nc3c4cc5c(cc4ccn3c2n1)C1CCC5C1. The first-order chi connectivity index (χ1) is 25.0. The highest BCUT2D eigenvalue weighted by Gasteiger charge is 2.38. The van der Waals surface area contributed by atoms with E-state index in [1.165, 1.54) is 60.1 Å². The summed E-state index contributed by atoms with van der Waals surface area (Å²) in [4.78, 5) is 28.6. The Morgan fingerprint density at radius 2 is 1.04 bits per heavy atom. The van der Waals surface area contributed by atoms with E-state index < -0.39 is 0 Å². The molecule has 2 aromatic carbocycles. The van der Waals surface area contributed by atoms with Gasteiger partial charge in [0.15, 0.2) is 11.3 Å². The Labute approximate surface area is 302 Å². The predicted octanol–water partition coefficient (Wildman–Crippen LogP) is 10.2. The summed E-state index contributed by atoms with van der Waals surface area (Å²) in [6.07, 6.45) is 16.2. The maximum Gasteiger partial charge on any atom is 0.182 e. The number of rotatable bonds is 0. The zero-order chi connectivity index (χ0) is 35.3. The van der Waals surface area contributed by atoms with Gasteiger partial charge in [-0.25, -0.2) is 29.9 Å². The topological polar surface area (TPSA) is 86.2 Å². The smallest absolute Gasteiger partial charge is 0.182 e. The largest absolute Gasteiger partial charge is 0.296 e. The van der Waals surface area contributed by atoms with Crippen molar-refractivity contribution in [2.45, 2.75) is 115 Å². The van der Waals surface area contributed by atoms with Crippen LogP contribution in [0.4, 0.5) is 0 Å². The zero-order valence-electron chi connectivity index (χ0n) is 30.9. The number of hydrogen-bond acceptors (Lipinski definition) is 6. The fourth-order valence-electron chi connectivity index (χ4n) is 9.95. The number of nitrogens with zero attached hydrogens (tertiary/aromatic N) is 8. The van der Waals surface area contributed by atoms with Crippen LogP contribution < -0.4 is 0 Å². The van der Waals surface area contributed by atoms with Crippen molar-refractivity contribution >= 4 is 55.2 Å². The Bertz CT molecular complexity index is 2740. The molecule has 0 spiro atoms. The van der Waals surface area contributed by atoms with E-state index in [2.05, 4.69) is 109 Å². The van der Waals surface area contributed by atoms with Crippen LogP contribution in [-0.4, -0.2) is 38.7 Å². The standard InChI is InChI=1S/2C22H22N4/c1-22(2,3)21-23-11-18-19(25-21)24-20-17-10-16-13-5-4-12(8-13)15(16)9-14(17)6-7-26(18)20;1-22(2,3)21-23-11-18-20(25-21)26-7-6-14-9-15-12-4-5-13(8-12)16(15)10-17(14)19(26)24-18/h2*6-7,9-13H,4-5,8H2,1-3H3. The third-order valence-electron chi connectivity index (χ3n) is 12.6. The van der Waals surface area contributed by atoms with Crippen LogP contribution in [0, 0.1) is 0 Å². The zero-order valence-corrected chi connectivity index (χ0v) is 30.9. The molecule has 52 heavy (non-hydrogen) atoms. The molecule has 0 amide bonds. The van der Waals surface area contributed by atoms with E-state index in [0.717, 1.165) is 68.9 Å². The summed E-state index contributed by atoms with van der Waals surface area (Å²) in [5, 5.41) is 5.08. The summed E-state index contributed by atoms with van der Waals surface area (Å²) in [5.41, 5.74) is 11.7. The van der Waals surface area contributed by atoms with Crippen molar-refractivity contribution in [3.05, 3.63) is 95.1 Å². The van der Waals surface area contributed by atoms with Gasteiger partial charge in [0.2, 0.25) is 0 Å². The van der Waals surface area contributed by atoms with Gasteiger partial charge >= 0.3 is 0 Å². The first-order valence-electron chi connectivity index (χ1n) is 19.2. The molecule has 4 aliphatic carbocycles. The van der Waals surface area contributed by atoms with Crippen molar-refractivity contribution in [1.29, 1.82) is 0 Å². The monoisotopic (exact) mass is 684 g/mol. The summed E-state index contributed by atoms with van der Waals surface area (Å²) in [6.45, 7) is 12.8. The highest BCUT2D eigenvalue weighted by molar-refractivity contribution is 5.99. The van der Waals surface area contributed by atoms with Crippen molar-refractivity contribution in [2.75, 3.05) is 0 Å². The Morgan fingerprint density at radius 3 is 1.62 bits per heavy atom. The highest BCUT2D eigenvalue weighted by Crippen LogP contribution is 2.55. The minimum Gasteiger partial charge on any atom is -0.296 e. The molecule has 4 atom stereocenters. The minimum atomic E-state index is -0.0773. The molecule has 2 fully saturated rings. The summed E-state index contributed by atoms with van der Waals surface area (Å²) in [6, 6.07) is 14.1. The summed E-state index contributed by atoms with van der Waals surface area (Å²) < 4.78 is 4.28. The first-order valence-corrected chi connectivity index (χ1v) is 19.2. The minimum absolute atomic E-state index is 0.0742. The molecule has 2 saturated carbocycles. The van der Waals surface area contributed by atoms with Gasteiger partial charge in [-0.3, -0.25) is 8.80 Å². The van der Waals surface area contributed by atoms with Gasteiger partial charge in [-0.05, 0) is 119 Å². The molecule has 8 nitrogen and oxygen atoms in total. The van der Waals surface area contributed by atoms with Gasteiger partial charge in [-0.15, -0.1) is 0 Å². The second-order valence-electron chi connectivity index (χ2n) is 18.1. The van der Waals surface area contributed by atoms with Gasteiger partial charge in [0.25, 0.3) is 0 Å². The lowest BCUT2D eigenvalue weighted by Crippen LogP contribution is -2.15. The van der Waals surface area contributed by atoms with Crippen LogP contribution in [0.3, 0.4) is 0 Å². The molecule has 0 radical (unpaired) electrons. The maximum atomic E-state index is 4.92. The Kier molecular flexibility index (Phi) is 6.08. The number of imidazole rings is 2. The second-order valence-corrected chi connectivity index (χ2v) is 18.1. The number of pyridine rings is 2. The van der Waals surface area contributed by atoms with Crippen molar-refractivity contribution in [3.63, 3.8) is 0 Å². The third kappa shape index (κ3) is 4.39. The number of aromatic nitrogens is 8.